The molecule has 5 heteroatoms. The van der Waals surface area contributed by atoms with Gasteiger partial charge in [-0.25, -0.2) is 15.0 Å². The zero-order valence-electron chi connectivity index (χ0n) is 10.1. The quantitative estimate of drug-likeness (QED) is 0.630. The number of nitrogens with zero attached hydrogens (tertiary/aromatic N) is 4. The molecule has 0 saturated carbocycles. The maximum atomic E-state index is 6.08. The van der Waals surface area contributed by atoms with Crippen LogP contribution in [0.3, 0.4) is 0 Å². The fourth-order valence-electron chi connectivity index (χ4n) is 1.75. The van der Waals surface area contributed by atoms with Crippen molar-refractivity contribution >= 4 is 17.2 Å². The molecule has 90 valence electrons. The third-order valence-electron chi connectivity index (χ3n) is 2.92. The molecule has 0 amide bonds. The van der Waals surface area contributed by atoms with Gasteiger partial charge in [-0.2, -0.15) is 0 Å². The van der Waals surface area contributed by atoms with Gasteiger partial charge >= 0.3 is 0 Å². The Morgan fingerprint density at radius 1 is 1.11 bits per heavy atom. The van der Waals surface area contributed by atoms with Crippen LogP contribution in [0.25, 0.3) is 17.2 Å². The van der Waals surface area contributed by atoms with Gasteiger partial charge in [-0.1, -0.05) is 17.7 Å². The van der Waals surface area contributed by atoms with Gasteiger partial charge in [0.05, 0.1) is 0 Å². The van der Waals surface area contributed by atoms with Crippen molar-refractivity contribution in [3.8, 4) is 11.5 Å². The molecule has 0 saturated heterocycles. The summed E-state index contributed by atoms with van der Waals surface area (Å²) >= 11 is 6.08. The zero-order chi connectivity index (χ0) is 12.7. The summed E-state index contributed by atoms with van der Waals surface area (Å²) in [6.07, 6.45) is 3.84. The molecule has 3 aromatic heterocycles. The largest absolute Gasteiger partial charge is 0.306 e. The van der Waals surface area contributed by atoms with Crippen molar-refractivity contribution in [1.82, 2.24) is 19.4 Å². The van der Waals surface area contributed by atoms with Crippen molar-refractivity contribution < 1.29 is 0 Å². The number of rotatable bonds is 1. The maximum absolute atomic E-state index is 6.08. The van der Waals surface area contributed by atoms with Gasteiger partial charge in [-0.3, -0.25) is 0 Å². The van der Waals surface area contributed by atoms with E-state index in [1.165, 1.54) is 0 Å². The molecule has 3 heterocycles. The summed E-state index contributed by atoms with van der Waals surface area (Å²) in [4.78, 5) is 13.2. The van der Waals surface area contributed by atoms with Crippen LogP contribution in [0.1, 0.15) is 11.3 Å². The average Bonchev–Trinajstić information content (AvgIpc) is 2.79. The van der Waals surface area contributed by atoms with Crippen molar-refractivity contribution in [3.63, 3.8) is 0 Å². The minimum atomic E-state index is 0.481. The average molecular weight is 259 g/mol. The second kappa shape index (κ2) is 4.07. The molecule has 0 aliphatic rings. The van der Waals surface area contributed by atoms with E-state index in [0.29, 0.717) is 11.0 Å². The Balaban J connectivity index is 2.20. The minimum Gasteiger partial charge on any atom is -0.306 e. The lowest BCUT2D eigenvalue weighted by Gasteiger charge is -2.03. The fourth-order valence-corrected chi connectivity index (χ4v) is 1.97. The number of aryl methyl sites for hydroxylation is 1. The van der Waals surface area contributed by atoms with Gasteiger partial charge in [0, 0.05) is 23.7 Å². The van der Waals surface area contributed by atoms with Crippen LogP contribution in [0.15, 0.2) is 30.6 Å². The molecule has 0 spiro atoms. The van der Waals surface area contributed by atoms with Gasteiger partial charge in [-0.05, 0) is 26.0 Å². The third-order valence-corrected chi connectivity index (χ3v) is 3.29. The highest BCUT2D eigenvalue weighted by atomic mass is 35.5. The Labute approximate surface area is 109 Å². The summed E-state index contributed by atoms with van der Waals surface area (Å²) in [7, 11) is 0. The fraction of sp³-hybridized carbons (Fsp3) is 0.154. The molecule has 0 aliphatic heterocycles. The van der Waals surface area contributed by atoms with Crippen LogP contribution in [0.2, 0.25) is 5.15 Å². The molecule has 0 aliphatic carbocycles. The predicted octanol–water partition coefficient (Wildman–Crippen LogP) is 3.06. The van der Waals surface area contributed by atoms with Crippen LogP contribution in [0, 0.1) is 13.8 Å². The van der Waals surface area contributed by atoms with Crippen LogP contribution in [-0.4, -0.2) is 19.4 Å². The second-order valence-corrected chi connectivity index (χ2v) is 4.50. The van der Waals surface area contributed by atoms with Crippen LogP contribution < -0.4 is 0 Å². The molecular formula is C13H11ClN4. The standard InChI is InChI=1S/C13H11ClN4/c1-8-9(2)15-13(17-12(8)14)10-7-18-6-4-3-5-11(18)16-10/h3-7H,1-2H3. The lowest BCUT2D eigenvalue weighted by Crippen LogP contribution is -1.96. The number of pyridine rings is 1. The van der Waals surface area contributed by atoms with Crippen LogP contribution in [-0.2, 0) is 0 Å². The van der Waals surface area contributed by atoms with Crippen LogP contribution in [0.5, 0.6) is 0 Å². The molecule has 0 unspecified atom stereocenters. The number of aromatic nitrogens is 4. The van der Waals surface area contributed by atoms with E-state index in [4.69, 9.17) is 11.6 Å². The van der Waals surface area contributed by atoms with E-state index in [1.54, 1.807) is 0 Å². The first-order valence-corrected chi connectivity index (χ1v) is 5.98. The SMILES string of the molecule is Cc1nc(-c2cn3ccccc3n2)nc(Cl)c1C. The smallest absolute Gasteiger partial charge is 0.181 e. The Hall–Kier alpha value is -1.94. The molecule has 0 bridgehead atoms. The summed E-state index contributed by atoms with van der Waals surface area (Å²) in [5, 5.41) is 0.481. The number of hydrogen-bond donors (Lipinski definition) is 0. The molecule has 0 fully saturated rings. The summed E-state index contributed by atoms with van der Waals surface area (Å²) in [6.45, 7) is 3.83. The molecule has 3 rings (SSSR count). The molecule has 0 radical (unpaired) electrons. The first-order chi connectivity index (χ1) is 8.65. The molecule has 0 aromatic carbocycles. The van der Waals surface area contributed by atoms with E-state index in [0.717, 1.165) is 22.6 Å². The Kier molecular flexibility index (Phi) is 2.52. The predicted molar refractivity (Wildman–Crippen MR) is 70.7 cm³/mol. The zero-order valence-corrected chi connectivity index (χ0v) is 10.8. The number of imidazole rings is 1. The van der Waals surface area contributed by atoms with Gasteiger partial charge in [0.15, 0.2) is 5.82 Å². The first-order valence-electron chi connectivity index (χ1n) is 5.60. The summed E-state index contributed by atoms with van der Waals surface area (Å²) in [5.74, 6) is 0.562. The summed E-state index contributed by atoms with van der Waals surface area (Å²) in [5.41, 5.74) is 3.38. The van der Waals surface area contributed by atoms with Gasteiger partial charge in [0.25, 0.3) is 0 Å². The molecular weight excluding hydrogens is 248 g/mol. The monoisotopic (exact) mass is 258 g/mol. The Morgan fingerprint density at radius 2 is 1.94 bits per heavy atom. The van der Waals surface area contributed by atoms with E-state index >= 15 is 0 Å². The van der Waals surface area contributed by atoms with Crippen molar-refractivity contribution in [2.45, 2.75) is 13.8 Å². The number of hydrogen-bond acceptors (Lipinski definition) is 3. The normalized spacial score (nSPS) is 11.1. The molecule has 0 N–H and O–H groups in total. The van der Waals surface area contributed by atoms with Crippen molar-refractivity contribution in [1.29, 1.82) is 0 Å². The van der Waals surface area contributed by atoms with E-state index in [1.807, 2.05) is 48.8 Å². The molecule has 3 aromatic rings. The van der Waals surface area contributed by atoms with Gasteiger partial charge < -0.3 is 4.40 Å². The maximum Gasteiger partial charge on any atom is 0.181 e. The van der Waals surface area contributed by atoms with Crippen LogP contribution in [0.4, 0.5) is 0 Å². The van der Waals surface area contributed by atoms with Gasteiger partial charge in [-0.15, -0.1) is 0 Å². The lowest BCUT2D eigenvalue weighted by molar-refractivity contribution is 1.06. The summed E-state index contributed by atoms with van der Waals surface area (Å²) in [6, 6.07) is 5.83. The van der Waals surface area contributed by atoms with E-state index in [2.05, 4.69) is 15.0 Å². The van der Waals surface area contributed by atoms with E-state index in [9.17, 15) is 0 Å². The molecule has 4 nitrogen and oxygen atoms in total. The first kappa shape index (κ1) is 11.2. The highest BCUT2D eigenvalue weighted by Gasteiger charge is 2.11. The van der Waals surface area contributed by atoms with Gasteiger partial charge in [0.1, 0.15) is 16.5 Å². The van der Waals surface area contributed by atoms with E-state index in [-0.39, 0.29) is 0 Å². The Bertz CT molecular complexity index is 677. The topological polar surface area (TPSA) is 43.1 Å². The number of halogens is 1. The van der Waals surface area contributed by atoms with Crippen molar-refractivity contribution in [2.24, 2.45) is 0 Å². The summed E-state index contributed by atoms with van der Waals surface area (Å²) < 4.78 is 1.93. The van der Waals surface area contributed by atoms with Crippen LogP contribution >= 0.6 is 11.6 Å². The van der Waals surface area contributed by atoms with Crippen molar-refractivity contribution in [2.75, 3.05) is 0 Å². The number of fused-ring (bicyclic) bond motifs is 1. The lowest BCUT2D eigenvalue weighted by atomic mass is 10.2. The van der Waals surface area contributed by atoms with E-state index < -0.39 is 0 Å². The highest BCUT2D eigenvalue weighted by Crippen LogP contribution is 2.21. The third kappa shape index (κ3) is 1.75. The van der Waals surface area contributed by atoms with Gasteiger partial charge in [0.2, 0.25) is 0 Å². The molecule has 0 atom stereocenters. The molecule has 18 heavy (non-hydrogen) atoms. The second-order valence-electron chi connectivity index (χ2n) is 4.14. The van der Waals surface area contributed by atoms with Crippen molar-refractivity contribution in [3.05, 3.63) is 47.0 Å². The Morgan fingerprint density at radius 3 is 2.67 bits per heavy atom. The minimum absolute atomic E-state index is 0.481. The highest BCUT2D eigenvalue weighted by molar-refractivity contribution is 6.30.